The van der Waals surface area contributed by atoms with Gasteiger partial charge < -0.3 is 4.90 Å². The first-order valence-corrected chi connectivity index (χ1v) is 6.51. The van der Waals surface area contributed by atoms with Crippen LogP contribution in [-0.4, -0.2) is 22.6 Å². The van der Waals surface area contributed by atoms with Crippen LogP contribution >= 0.6 is 23.4 Å². The standard InChI is InChI=1S/C11H9ClF3NOS/c12-10(17)16-3-4-18-9-5-8(11(13,14)15)2-1-7(9)6-16/h1-2,5H,3-4,6H2. The molecule has 98 valence electrons. The molecule has 2 nitrogen and oxygen atoms in total. The summed E-state index contributed by atoms with van der Waals surface area (Å²) < 4.78 is 37.7. The molecule has 18 heavy (non-hydrogen) atoms. The molecular weight excluding hydrogens is 287 g/mol. The highest BCUT2D eigenvalue weighted by atomic mass is 35.5. The van der Waals surface area contributed by atoms with E-state index >= 15 is 0 Å². The summed E-state index contributed by atoms with van der Waals surface area (Å²) in [6.45, 7) is 0.686. The van der Waals surface area contributed by atoms with Gasteiger partial charge in [-0.3, -0.25) is 4.79 Å². The van der Waals surface area contributed by atoms with E-state index in [0.29, 0.717) is 22.8 Å². The average Bonchev–Trinajstić information content (AvgIpc) is 2.48. The highest BCUT2D eigenvalue weighted by Crippen LogP contribution is 2.35. The maximum absolute atomic E-state index is 12.6. The van der Waals surface area contributed by atoms with Crippen molar-refractivity contribution in [1.29, 1.82) is 0 Å². The Morgan fingerprint density at radius 2 is 2.11 bits per heavy atom. The summed E-state index contributed by atoms with van der Waals surface area (Å²) in [5.74, 6) is 0.534. The van der Waals surface area contributed by atoms with Gasteiger partial charge in [0.2, 0.25) is 0 Å². The number of hydrogen-bond donors (Lipinski definition) is 0. The summed E-state index contributed by atoms with van der Waals surface area (Å²) in [5, 5.41) is -0.580. The maximum Gasteiger partial charge on any atom is 0.416 e. The van der Waals surface area contributed by atoms with Crippen LogP contribution in [0.5, 0.6) is 0 Å². The lowest BCUT2D eigenvalue weighted by molar-refractivity contribution is -0.137. The van der Waals surface area contributed by atoms with Crippen LogP contribution in [0.1, 0.15) is 11.1 Å². The van der Waals surface area contributed by atoms with Crippen LogP contribution in [0.25, 0.3) is 0 Å². The molecule has 0 N–H and O–H groups in total. The number of alkyl halides is 3. The zero-order valence-electron chi connectivity index (χ0n) is 9.13. The number of nitrogens with zero attached hydrogens (tertiary/aromatic N) is 1. The first kappa shape index (κ1) is 13.5. The number of benzene rings is 1. The SMILES string of the molecule is O=C(Cl)N1CCSc2cc(C(F)(F)F)ccc2C1. The first-order valence-electron chi connectivity index (χ1n) is 5.15. The normalized spacial score (nSPS) is 16.1. The number of halogens is 4. The number of rotatable bonds is 0. The molecule has 0 aromatic heterocycles. The zero-order chi connectivity index (χ0) is 13.3. The van der Waals surface area contributed by atoms with Crippen molar-refractivity contribution in [1.82, 2.24) is 4.90 Å². The Kier molecular flexibility index (Phi) is 3.77. The smallest absolute Gasteiger partial charge is 0.324 e. The van der Waals surface area contributed by atoms with E-state index in [1.165, 1.54) is 22.7 Å². The molecule has 0 saturated heterocycles. The zero-order valence-corrected chi connectivity index (χ0v) is 10.7. The molecule has 1 aromatic carbocycles. The van der Waals surface area contributed by atoms with Gasteiger partial charge in [-0.25, -0.2) is 0 Å². The highest BCUT2D eigenvalue weighted by Gasteiger charge is 2.31. The second kappa shape index (κ2) is 5.01. The molecule has 2 rings (SSSR count). The molecule has 0 bridgehead atoms. The van der Waals surface area contributed by atoms with Crippen LogP contribution in [0.4, 0.5) is 18.0 Å². The van der Waals surface area contributed by atoms with Crippen LogP contribution in [0, 0.1) is 0 Å². The van der Waals surface area contributed by atoms with Crippen molar-refractivity contribution < 1.29 is 18.0 Å². The number of fused-ring (bicyclic) bond motifs is 1. The van der Waals surface area contributed by atoms with Crippen molar-refractivity contribution in [3.05, 3.63) is 29.3 Å². The lowest BCUT2D eigenvalue weighted by Gasteiger charge is -2.17. The Labute approximate surface area is 111 Å². The topological polar surface area (TPSA) is 20.3 Å². The van der Waals surface area contributed by atoms with Gasteiger partial charge in [0.05, 0.1) is 5.56 Å². The summed E-state index contributed by atoms with van der Waals surface area (Å²) in [5.41, 5.74) is 0.0268. The summed E-state index contributed by atoms with van der Waals surface area (Å²) in [4.78, 5) is 13.1. The van der Waals surface area contributed by atoms with E-state index in [1.807, 2.05) is 0 Å². The van der Waals surface area contributed by atoms with Crippen molar-refractivity contribution in [2.75, 3.05) is 12.3 Å². The van der Waals surface area contributed by atoms with E-state index < -0.39 is 17.1 Å². The highest BCUT2D eigenvalue weighted by molar-refractivity contribution is 7.99. The summed E-state index contributed by atoms with van der Waals surface area (Å²) in [6.07, 6.45) is -4.34. The fourth-order valence-electron chi connectivity index (χ4n) is 1.70. The van der Waals surface area contributed by atoms with E-state index in [0.717, 1.165) is 12.1 Å². The average molecular weight is 296 g/mol. The van der Waals surface area contributed by atoms with E-state index in [2.05, 4.69) is 0 Å². The molecular formula is C11H9ClF3NOS. The molecule has 1 aliphatic rings. The third kappa shape index (κ3) is 2.92. The molecule has 7 heteroatoms. The summed E-state index contributed by atoms with van der Waals surface area (Å²) in [7, 11) is 0. The van der Waals surface area contributed by atoms with Gasteiger partial charge in [0.25, 0.3) is 0 Å². The fraction of sp³-hybridized carbons (Fsp3) is 0.364. The van der Waals surface area contributed by atoms with Gasteiger partial charge in [0, 0.05) is 23.7 Å². The lowest BCUT2D eigenvalue weighted by Crippen LogP contribution is -2.26. The Morgan fingerprint density at radius 1 is 1.39 bits per heavy atom. The largest absolute Gasteiger partial charge is 0.416 e. The van der Waals surface area contributed by atoms with Gasteiger partial charge in [-0.1, -0.05) is 6.07 Å². The van der Waals surface area contributed by atoms with Gasteiger partial charge in [-0.05, 0) is 29.3 Å². The molecule has 1 heterocycles. The van der Waals surface area contributed by atoms with Crippen LogP contribution in [0.2, 0.25) is 0 Å². The molecule has 0 unspecified atom stereocenters. The molecule has 0 radical (unpaired) electrons. The minimum atomic E-state index is -4.34. The molecule has 0 fully saturated rings. The molecule has 0 saturated carbocycles. The Hall–Kier alpha value is -0.880. The quantitative estimate of drug-likeness (QED) is 0.533. The molecule has 0 spiro atoms. The van der Waals surface area contributed by atoms with E-state index in [9.17, 15) is 18.0 Å². The van der Waals surface area contributed by atoms with Gasteiger partial charge in [0.15, 0.2) is 0 Å². The van der Waals surface area contributed by atoms with Crippen molar-refractivity contribution in [3.8, 4) is 0 Å². The summed E-state index contributed by atoms with van der Waals surface area (Å²) >= 11 is 6.71. The molecule has 1 amide bonds. The number of hydrogen-bond acceptors (Lipinski definition) is 2. The predicted octanol–water partition coefficient (Wildman–Crippen LogP) is 3.97. The van der Waals surface area contributed by atoms with Crippen LogP contribution in [-0.2, 0) is 12.7 Å². The molecule has 0 atom stereocenters. The Morgan fingerprint density at radius 3 is 2.72 bits per heavy atom. The first-order chi connectivity index (χ1) is 8.38. The third-order valence-electron chi connectivity index (χ3n) is 2.62. The lowest BCUT2D eigenvalue weighted by atomic mass is 10.1. The second-order valence-electron chi connectivity index (χ2n) is 3.84. The number of carbonyl (C=O) groups excluding carboxylic acids is 1. The van der Waals surface area contributed by atoms with Crippen molar-refractivity contribution in [2.45, 2.75) is 17.6 Å². The molecule has 0 aliphatic carbocycles. The van der Waals surface area contributed by atoms with Crippen LogP contribution in [0.3, 0.4) is 0 Å². The Bertz CT molecular complexity index is 478. The van der Waals surface area contributed by atoms with Crippen LogP contribution < -0.4 is 0 Å². The summed E-state index contributed by atoms with van der Waals surface area (Å²) in [6, 6.07) is 3.56. The maximum atomic E-state index is 12.6. The molecule has 1 aliphatic heterocycles. The van der Waals surface area contributed by atoms with Gasteiger partial charge in [-0.2, -0.15) is 13.2 Å². The molecule has 1 aromatic rings. The van der Waals surface area contributed by atoms with Crippen molar-refractivity contribution >= 4 is 28.7 Å². The van der Waals surface area contributed by atoms with Gasteiger partial charge >= 0.3 is 11.5 Å². The number of thioether (sulfide) groups is 1. The number of carbonyl (C=O) groups is 1. The monoisotopic (exact) mass is 295 g/mol. The van der Waals surface area contributed by atoms with Gasteiger partial charge in [0.1, 0.15) is 0 Å². The fourth-order valence-corrected chi connectivity index (χ4v) is 2.90. The van der Waals surface area contributed by atoms with Crippen LogP contribution in [0.15, 0.2) is 23.1 Å². The van der Waals surface area contributed by atoms with E-state index in [1.54, 1.807) is 0 Å². The van der Waals surface area contributed by atoms with E-state index in [-0.39, 0.29) is 6.54 Å². The van der Waals surface area contributed by atoms with Crippen molar-refractivity contribution in [3.63, 3.8) is 0 Å². The minimum absolute atomic E-state index is 0.253. The minimum Gasteiger partial charge on any atom is -0.324 e. The Balaban J connectivity index is 2.32. The number of amides is 1. The van der Waals surface area contributed by atoms with E-state index in [4.69, 9.17) is 11.6 Å². The second-order valence-corrected chi connectivity index (χ2v) is 5.30. The van der Waals surface area contributed by atoms with Crippen molar-refractivity contribution in [2.24, 2.45) is 0 Å². The van der Waals surface area contributed by atoms with Gasteiger partial charge in [-0.15, -0.1) is 11.8 Å². The predicted molar refractivity (Wildman–Crippen MR) is 63.8 cm³/mol. The third-order valence-corrected chi connectivity index (χ3v) is 3.94.